The van der Waals surface area contributed by atoms with Crippen LogP contribution in [-0.4, -0.2) is 72.3 Å². The summed E-state index contributed by atoms with van der Waals surface area (Å²) in [6.07, 6.45) is 1.01. The van der Waals surface area contributed by atoms with E-state index in [-0.39, 0.29) is 36.2 Å². The zero-order chi connectivity index (χ0) is 24.0. The topological polar surface area (TPSA) is 124 Å². The average molecular weight is 559 g/mol. The van der Waals surface area contributed by atoms with Gasteiger partial charge in [0.25, 0.3) is 11.8 Å². The number of nitrogens with zero attached hydrogens (tertiary/aromatic N) is 2. The van der Waals surface area contributed by atoms with Crippen LogP contribution in [0.5, 0.6) is 0 Å². The third kappa shape index (κ3) is 5.64. The average Bonchev–Trinajstić information content (AvgIpc) is 3.38. The molecule has 1 saturated heterocycles. The van der Waals surface area contributed by atoms with Crippen LogP contribution in [-0.2, 0) is 22.8 Å². The molecular formula is C22H25Cl2N5O4S2. The number of hydrogen-bond acceptors (Lipinski definition) is 7. The molecule has 2 atom stereocenters. The summed E-state index contributed by atoms with van der Waals surface area (Å²) in [5.41, 5.74) is 1.99. The maximum absolute atomic E-state index is 13.0. The van der Waals surface area contributed by atoms with Gasteiger partial charge in [-0.2, -0.15) is 0 Å². The third-order valence-corrected chi connectivity index (χ3v) is 9.28. The van der Waals surface area contributed by atoms with E-state index in [2.05, 4.69) is 25.5 Å². The fraction of sp³-hybridized carbons (Fsp3) is 0.409. The zero-order valence-electron chi connectivity index (χ0n) is 18.8. The highest BCUT2D eigenvalue weighted by molar-refractivity contribution is 7.91. The van der Waals surface area contributed by atoms with Crippen molar-refractivity contribution in [2.24, 2.45) is 0 Å². The summed E-state index contributed by atoms with van der Waals surface area (Å²) in [6, 6.07) is 5.61. The molecule has 35 heavy (non-hydrogen) atoms. The normalized spacial score (nSPS) is 21.7. The molecule has 0 bridgehead atoms. The van der Waals surface area contributed by atoms with Gasteiger partial charge in [-0.3, -0.25) is 9.59 Å². The highest BCUT2D eigenvalue weighted by atomic mass is 35.5. The van der Waals surface area contributed by atoms with Gasteiger partial charge in [0.1, 0.15) is 5.69 Å². The lowest BCUT2D eigenvalue weighted by molar-refractivity contribution is 0.0882. The van der Waals surface area contributed by atoms with Crippen LogP contribution in [0.2, 0.25) is 5.02 Å². The number of benzene rings is 1. The van der Waals surface area contributed by atoms with Crippen LogP contribution in [0.15, 0.2) is 24.3 Å². The number of carbonyl (C=O) groups is 2. The van der Waals surface area contributed by atoms with Gasteiger partial charge < -0.3 is 20.5 Å². The Bertz CT molecular complexity index is 1390. The molecule has 2 aliphatic rings. The molecule has 3 N–H and O–H groups in total. The second-order valence-electron chi connectivity index (χ2n) is 8.85. The van der Waals surface area contributed by atoms with E-state index in [4.69, 9.17) is 11.6 Å². The number of aromatic nitrogens is 2. The van der Waals surface area contributed by atoms with Crippen molar-refractivity contribution >= 4 is 67.9 Å². The molecule has 13 heteroatoms. The summed E-state index contributed by atoms with van der Waals surface area (Å²) in [6.45, 7) is 1.66. The highest BCUT2D eigenvalue weighted by Crippen LogP contribution is 2.25. The number of aromatic amines is 1. The van der Waals surface area contributed by atoms with E-state index < -0.39 is 27.8 Å². The second-order valence-corrected chi connectivity index (χ2v) is 12.6. The van der Waals surface area contributed by atoms with E-state index in [0.29, 0.717) is 15.7 Å². The minimum absolute atomic E-state index is 0. The standard InChI is InChI=1S/C22H24ClN5O4S2.ClH/c1-28-6-4-16-19(10-28)33-22(27-16)21(30)25-15-5-7-34(31,32)11-18(15)26-20(29)17-9-12-8-13(23)2-3-14(12)24-17;/h2-3,8-9,15,18,24H,4-7,10-11H2,1H3,(H,25,30)(H,26,29);1H/t15-,18+;/m1./s1. The highest BCUT2D eigenvalue weighted by Gasteiger charge is 2.36. The maximum atomic E-state index is 13.0. The zero-order valence-corrected chi connectivity index (χ0v) is 22.0. The lowest BCUT2D eigenvalue weighted by Gasteiger charge is -2.32. The van der Waals surface area contributed by atoms with Gasteiger partial charge in [-0.05, 0) is 37.7 Å². The molecule has 9 nitrogen and oxygen atoms in total. The first-order valence-electron chi connectivity index (χ1n) is 10.9. The van der Waals surface area contributed by atoms with Crippen LogP contribution in [0, 0.1) is 0 Å². The molecule has 3 aromatic rings. The van der Waals surface area contributed by atoms with Crippen LogP contribution in [0.4, 0.5) is 0 Å². The van der Waals surface area contributed by atoms with Gasteiger partial charge in [-0.15, -0.1) is 23.7 Å². The first-order valence-corrected chi connectivity index (χ1v) is 14.0. The Labute approximate surface area is 218 Å². The Morgan fingerprint density at radius 3 is 2.77 bits per heavy atom. The summed E-state index contributed by atoms with van der Waals surface area (Å²) in [4.78, 5) is 36.7. The molecular weight excluding hydrogens is 533 g/mol. The number of fused-ring (bicyclic) bond motifs is 2. The first kappa shape index (κ1) is 25.9. The molecule has 0 radical (unpaired) electrons. The largest absolute Gasteiger partial charge is 0.351 e. The van der Waals surface area contributed by atoms with Crippen LogP contribution < -0.4 is 10.6 Å². The number of rotatable bonds is 4. The molecule has 188 valence electrons. The van der Waals surface area contributed by atoms with E-state index in [1.54, 1.807) is 24.3 Å². The number of H-pyrrole nitrogens is 1. The number of carbonyl (C=O) groups excluding carboxylic acids is 2. The Hall–Kier alpha value is -2.18. The number of halogens is 2. The van der Waals surface area contributed by atoms with Crippen molar-refractivity contribution in [3.8, 4) is 0 Å². The molecule has 0 spiro atoms. The number of hydrogen-bond donors (Lipinski definition) is 3. The number of likely N-dealkylation sites (N-methyl/N-ethyl adjacent to an activating group) is 1. The van der Waals surface area contributed by atoms with E-state index in [9.17, 15) is 18.0 Å². The van der Waals surface area contributed by atoms with E-state index in [1.807, 2.05) is 7.05 Å². The minimum atomic E-state index is -3.34. The minimum Gasteiger partial charge on any atom is -0.351 e. The molecule has 2 aliphatic heterocycles. The number of sulfone groups is 1. The van der Waals surface area contributed by atoms with Crippen LogP contribution in [0.3, 0.4) is 0 Å². The maximum Gasteiger partial charge on any atom is 0.280 e. The summed E-state index contributed by atoms with van der Waals surface area (Å²) < 4.78 is 24.6. The van der Waals surface area contributed by atoms with Crippen molar-refractivity contribution in [1.82, 2.24) is 25.5 Å². The van der Waals surface area contributed by atoms with E-state index in [0.717, 1.165) is 41.0 Å². The molecule has 0 aliphatic carbocycles. The molecule has 1 fully saturated rings. The Morgan fingerprint density at radius 2 is 1.97 bits per heavy atom. The molecule has 2 amide bonds. The van der Waals surface area contributed by atoms with E-state index >= 15 is 0 Å². The van der Waals surface area contributed by atoms with Crippen molar-refractivity contribution in [1.29, 1.82) is 0 Å². The predicted octanol–water partition coefficient (Wildman–Crippen LogP) is 2.40. The Balaban J connectivity index is 0.00000289. The molecule has 2 aromatic heterocycles. The third-order valence-electron chi connectivity index (χ3n) is 6.24. The summed E-state index contributed by atoms with van der Waals surface area (Å²) in [5, 5.41) is 7.42. The fourth-order valence-corrected chi connectivity index (χ4v) is 7.33. The number of thiazole rings is 1. The van der Waals surface area contributed by atoms with Gasteiger partial charge >= 0.3 is 0 Å². The fourth-order valence-electron chi connectivity index (χ4n) is 4.42. The van der Waals surface area contributed by atoms with Crippen LogP contribution in [0.25, 0.3) is 10.9 Å². The van der Waals surface area contributed by atoms with Gasteiger partial charge in [-0.1, -0.05) is 11.6 Å². The quantitative estimate of drug-likeness (QED) is 0.452. The van der Waals surface area contributed by atoms with Gasteiger partial charge in [0.15, 0.2) is 14.8 Å². The summed E-state index contributed by atoms with van der Waals surface area (Å²) in [5.74, 6) is -1.07. The van der Waals surface area contributed by atoms with Gasteiger partial charge in [0.05, 0.1) is 29.3 Å². The SMILES string of the molecule is CN1CCc2nc(C(=O)N[C@@H]3CCS(=O)(=O)C[C@@H]3NC(=O)c3cc4cc(Cl)ccc4[nH]3)sc2C1.Cl. The van der Waals surface area contributed by atoms with Crippen molar-refractivity contribution in [3.63, 3.8) is 0 Å². The van der Waals surface area contributed by atoms with E-state index in [1.165, 1.54) is 11.3 Å². The Kier molecular flexibility index (Phi) is 7.44. The molecule has 0 saturated carbocycles. The lowest BCUT2D eigenvalue weighted by atomic mass is 10.1. The van der Waals surface area contributed by atoms with Crippen molar-refractivity contribution in [2.45, 2.75) is 31.5 Å². The smallest absolute Gasteiger partial charge is 0.280 e. The van der Waals surface area contributed by atoms with Crippen molar-refractivity contribution in [2.75, 3.05) is 25.1 Å². The number of amides is 2. The monoisotopic (exact) mass is 557 g/mol. The number of nitrogens with one attached hydrogen (secondary N) is 3. The summed E-state index contributed by atoms with van der Waals surface area (Å²) >= 11 is 7.39. The molecule has 1 aromatic carbocycles. The Morgan fingerprint density at radius 1 is 1.20 bits per heavy atom. The van der Waals surface area contributed by atoms with Crippen LogP contribution in [0.1, 0.15) is 37.3 Å². The summed E-state index contributed by atoms with van der Waals surface area (Å²) in [7, 11) is -1.32. The lowest BCUT2D eigenvalue weighted by Crippen LogP contribution is -2.58. The second kappa shape index (κ2) is 10.1. The molecule has 5 rings (SSSR count). The van der Waals surface area contributed by atoms with Gasteiger partial charge in [0.2, 0.25) is 0 Å². The van der Waals surface area contributed by atoms with Crippen molar-refractivity contribution in [3.05, 3.63) is 50.6 Å². The predicted molar refractivity (Wildman–Crippen MR) is 138 cm³/mol. The van der Waals surface area contributed by atoms with Crippen molar-refractivity contribution < 1.29 is 18.0 Å². The molecule has 4 heterocycles. The van der Waals surface area contributed by atoms with Gasteiger partial charge in [-0.25, -0.2) is 13.4 Å². The van der Waals surface area contributed by atoms with Crippen LogP contribution >= 0.6 is 35.3 Å². The van der Waals surface area contributed by atoms with Gasteiger partial charge in [0, 0.05) is 40.3 Å². The first-order chi connectivity index (χ1) is 16.2. The molecule has 0 unspecified atom stereocenters.